The zero-order valence-electron chi connectivity index (χ0n) is 22.3. The molecule has 5 aromatic rings. The van der Waals surface area contributed by atoms with Crippen LogP contribution in [0.2, 0.25) is 0 Å². The van der Waals surface area contributed by atoms with E-state index in [0.29, 0.717) is 17.5 Å². The number of benzene rings is 3. The lowest BCUT2D eigenvalue weighted by atomic mass is 10.0. The van der Waals surface area contributed by atoms with E-state index in [0.717, 1.165) is 38.2 Å². The summed E-state index contributed by atoms with van der Waals surface area (Å²) in [7, 11) is 0. The number of carbonyl (C=O) groups excluding carboxylic acids is 2. The number of hydrogen-bond donors (Lipinski definition) is 1. The predicted molar refractivity (Wildman–Crippen MR) is 163 cm³/mol. The Labute approximate surface area is 242 Å². The van der Waals surface area contributed by atoms with Crippen molar-refractivity contribution < 1.29 is 14.3 Å². The summed E-state index contributed by atoms with van der Waals surface area (Å²) in [6.07, 6.45) is 1.86. The summed E-state index contributed by atoms with van der Waals surface area (Å²) in [4.78, 5) is 32.2. The number of rotatable bonds is 9. The van der Waals surface area contributed by atoms with Crippen LogP contribution < -0.4 is 5.73 Å². The molecule has 0 aliphatic carbocycles. The third-order valence-corrected chi connectivity index (χ3v) is 7.46. The number of hydrogen-bond acceptors (Lipinski definition) is 8. The van der Waals surface area contributed by atoms with Gasteiger partial charge in [-0.05, 0) is 26.0 Å². The monoisotopic (exact) mass is 570 g/mol. The van der Waals surface area contributed by atoms with Crippen molar-refractivity contribution in [1.29, 1.82) is 0 Å². The highest BCUT2D eigenvalue weighted by Gasteiger charge is 2.21. The fraction of sp³-hybridized carbons (Fsp3) is 0.161. The minimum atomic E-state index is -0.235. The Bertz CT molecular complexity index is 1540. The first-order valence-corrected chi connectivity index (χ1v) is 14.5. The van der Waals surface area contributed by atoms with Crippen LogP contribution in [0.3, 0.4) is 0 Å². The molecule has 0 bridgehead atoms. The highest BCUT2D eigenvalue weighted by Crippen LogP contribution is 2.38. The maximum absolute atomic E-state index is 11.6. The molecule has 2 N–H and O–H groups in total. The molecule has 9 heteroatoms. The number of ketones is 1. The fourth-order valence-electron chi connectivity index (χ4n) is 3.90. The van der Waals surface area contributed by atoms with Crippen molar-refractivity contribution in [2.45, 2.75) is 25.4 Å². The maximum atomic E-state index is 11.6. The molecule has 204 valence electrons. The van der Waals surface area contributed by atoms with E-state index in [9.17, 15) is 9.59 Å². The van der Waals surface area contributed by atoms with Gasteiger partial charge in [0.15, 0.2) is 10.3 Å². The average molecular weight is 571 g/mol. The highest BCUT2D eigenvalue weighted by molar-refractivity contribution is 7.99. The lowest BCUT2D eigenvalue weighted by Crippen LogP contribution is -2.06. The van der Waals surface area contributed by atoms with Crippen molar-refractivity contribution in [3.8, 4) is 28.2 Å². The Kier molecular flexibility index (Phi) is 10.3. The van der Waals surface area contributed by atoms with Gasteiger partial charge in [0.25, 0.3) is 0 Å². The van der Waals surface area contributed by atoms with Crippen LogP contribution in [0.15, 0.2) is 102 Å². The van der Waals surface area contributed by atoms with Gasteiger partial charge in [0.1, 0.15) is 5.78 Å². The van der Waals surface area contributed by atoms with Crippen LogP contribution in [0.25, 0.3) is 28.2 Å². The van der Waals surface area contributed by atoms with Crippen molar-refractivity contribution in [3.63, 3.8) is 0 Å². The molecule has 0 unspecified atom stereocenters. The molecule has 0 saturated carbocycles. The maximum Gasteiger partial charge on any atom is 0.311 e. The molecule has 0 amide bonds. The SMILES string of the molecule is CC(=O)CSc1nc(-c2ccccc2)c(-c2ccccc2)n1-c1ccccc1.CCOC(=O)Cc1cnc(N)s1. The van der Waals surface area contributed by atoms with Crippen molar-refractivity contribution in [2.75, 3.05) is 18.1 Å². The number of esters is 1. The number of aromatic nitrogens is 3. The standard InChI is InChI=1S/C24H20N2OS.C7H10N2O2S/c1-18(27)17-28-24-25-22(19-11-5-2-6-12-19)23(20-13-7-3-8-14-20)26(24)21-15-9-4-10-16-21;1-2-11-6(10)3-5-4-9-7(8)12-5/h2-16H,17H2,1H3;4H,2-3H2,1H3,(H2,8,9). The van der Waals surface area contributed by atoms with Crippen LogP contribution in [0.5, 0.6) is 0 Å². The molecular formula is C31H30N4O3S2. The van der Waals surface area contributed by atoms with Crippen LogP contribution in [0.4, 0.5) is 5.13 Å². The van der Waals surface area contributed by atoms with Gasteiger partial charge in [-0.2, -0.15) is 0 Å². The summed E-state index contributed by atoms with van der Waals surface area (Å²) in [6.45, 7) is 3.80. The Morgan fingerprint density at radius 3 is 2.08 bits per heavy atom. The average Bonchev–Trinajstić information content (AvgIpc) is 3.57. The molecule has 2 heterocycles. The molecule has 0 aliphatic heterocycles. The van der Waals surface area contributed by atoms with Gasteiger partial charge in [-0.25, -0.2) is 9.97 Å². The Morgan fingerprint density at radius 1 is 0.925 bits per heavy atom. The number of imidazole rings is 1. The number of nitrogens with zero attached hydrogens (tertiary/aromatic N) is 3. The molecule has 0 aliphatic rings. The van der Waals surface area contributed by atoms with Crippen molar-refractivity contribution >= 4 is 40.0 Å². The lowest BCUT2D eigenvalue weighted by Gasteiger charge is -2.13. The number of ether oxygens (including phenoxy) is 1. The third kappa shape index (κ3) is 7.68. The summed E-state index contributed by atoms with van der Waals surface area (Å²) in [6, 6.07) is 30.7. The number of anilines is 1. The number of nitrogen functional groups attached to an aromatic ring is 1. The molecule has 3 aromatic carbocycles. The van der Waals surface area contributed by atoms with E-state index in [1.807, 2.05) is 54.6 Å². The van der Waals surface area contributed by atoms with E-state index in [2.05, 4.69) is 45.9 Å². The number of Topliss-reactive ketones (excluding diaryl/α,β-unsaturated/α-hetero) is 1. The second-order valence-corrected chi connectivity index (χ2v) is 10.7. The van der Waals surface area contributed by atoms with Gasteiger partial charge in [-0.3, -0.25) is 14.2 Å². The smallest absolute Gasteiger partial charge is 0.311 e. The van der Waals surface area contributed by atoms with Gasteiger partial charge in [0.2, 0.25) is 0 Å². The van der Waals surface area contributed by atoms with Gasteiger partial charge < -0.3 is 10.5 Å². The number of thiazole rings is 1. The number of para-hydroxylation sites is 1. The van der Waals surface area contributed by atoms with Gasteiger partial charge in [0, 0.05) is 27.9 Å². The second-order valence-electron chi connectivity index (χ2n) is 8.63. The van der Waals surface area contributed by atoms with Gasteiger partial charge >= 0.3 is 5.97 Å². The van der Waals surface area contributed by atoms with Gasteiger partial charge in [-0.15, -0.1) is 11.3 Å². The number of nitrogens with two attached hydrogens (primary N) is 1. The molecule has 0 fully saturated rings. The van der Waals surface area contributed by atoms with E-state index in [-0.39, 0.29) is 18.2 Å². The van der Waals surface area contributed by atoms with Crippen LogP contribution in [0, 0.1) is 0 Å². The quantitative estimate of drug-likeness (QED) is 0.155. The first-order valence-electron chi connectivity index (χ1n) is 12.7. The first kappa shape index (κ1) is 28.8. The normalized spacial score (nSPS) is 10.4. The minimum absolute atomic E-state index is 0.134. The van der Waals surface area contributed by atoms with E-state index in [4.69, 9.17) is 15.5 Å². The predicted octanol–water partition coefficient (Wildman–Crippen LogP) is 6.72. The second kappa shape index (κ2) is 14.3. The largest absolute Gasteiger partial charge is 0.466 e. The molecule has 0 atom stereocenters. The van der Waals surface area contributed by atoms with E-state index in [1.165, 1.54) is 23.1 Å². The van der Waals surface area contributed by atoms with Gasteiger partial charge in [0.05, 0.1) is 30.2 Å². The van der Waals surface area contributed by atoms with Crippen molar-refractivity contribution in [2.24, 2.45) is 0 Å². The van der Waals surface area contributed by atoms with Crippen LogP contribution >= 0.6 is 23.1 Å². The third-order valence-electron chi connectivity index (χ3n) is 5.56. The number of thioether (sulfide) groups is 1. The summed E-state index contributed by atoms with van der Waals surface area (Å²) < 4.78 is 6.91. The molecule has 2 aromatic heterocycles. The molecule has 7 nitrogen and oxygen atoms in total. The van der Waals surface area contributed by atoms with Gasteiger partial charge in [-0.1, -0.05) is 90.6 Å². The van der Waals surface area contributed by atoms with Crippen LogP contribution in [-0.2, 0) is 20.7 Å². The van der Waals surface area contributed by atoms with Crippen molar-refractivity contribution in [3.05, 3.63) is 102 Å². The van der Waals surface area contributed by atoms with E-state index >= 15 is 0 Å². The molecule has 40 heavy (non-hydrogen) atoms. The molecular weight excluding hydrogens is 541 g/mol. The number of carbonyl (C=O) groups is 2. The highest BCUT2D eigenvalue weighted by atomic mass is 32.2. The topological polar surface area (TPSA) is 100 Å². The van der Waals surface area contributed by atoms with Crippen LogP contribution in [-0.4, -0.2) is 38.6 Å². The zero-order valence-corrected chi connectivity index (χ0v) is 24.0. The summed E-state index contributed by atoms with van der Waals surface area (Å²) in [5.74, 6) is 0.294. The lowest BCUT2D eigenvalue weighted by molar-refractivity contribution is -0.142. The fourth-order valence-corrected chi connectivity index (χ4v) is 5.38. The summed E-state index contributed by atoms with van der Waals surface area (Å²) in [5, 5.41) is 1.30. The van der Waals surface area contributed by atoms with Crippen LogP contribution in [0.1, 0.15) is 18.7 Å². The first-order chi connectivity index (χ1) is 19.5. The molecule has 5 rings (SSSR count). The summed E-state index contributed by atoms with van der Waals surface area (Å²) >= 11 is 2.78. The zero-order chi connectivity index (χ0) is 28.3. The summed E-state index contributed by atoms with van der Waals surface area (Å²) in [5.41, 5.74) is 10.5. The minimum Gasteiger partial charge on any atom is -0.466 e. The Hall–Kier alpha value is -4.21. The Morgan fingerprint density at radius 2 is 1.52 bits per heavy atom. The van der Waals surface area contributed by atoms with E-state index in [1.54, 1.807) is 20.0 Å². The Balaban J connectivity index is 0.000000259. The van der Waals surface area contributed by atoms with E-state index < -0.39 is 0 Å². The molecule has 0 spiro atoms. The van der Waals surface area contributed by atoms with Crippen molar-refractivity contribution in [1.82, 2.24) is 14.5 Å². The molecule has 0 radical (unpaired) electrons. The molecule has 0 saturated heterocycles.